The summed E-state index contributed by atoms with van der Waals surface area (Å²) in [6.45, 7) is 0.380. The highest BCUT2D eigenvalue weighted by Gasteiger charge is 2.37. The summed E-state index contributed by atoms with van der Waals surface area (Å²) in [7, 11) is -4.13. The molecule has 1 amide bonds. The zero-order chi connectivity index (χ0) is 21.2. The van der Waals surface area contributed by atoms with Crippen molar-refractivity contribution in [3.05, 3.63) is 52.9 Å². The molecule has 0 saturated carbocycles. The lowest BCUT2D eigenvalue weighted by Gasteiger charge is -2.30. The standard InChI is InChI=1S/C18H18ClF3N2O4S/c19-16-2-1-14(9-15(16)18(20,21)22)29(26,27)24-6-3-13(4-7-24)17(25)23-10-12-5-8-28-11-12/h1-2,5,8-9,11,13H,3-4,6-7,10H2,(H,23,25). The Morgan fingerprint density at radius 2 is 1.93 bits per heavy atom. The summed E-state index contributed by atoms with van der Waals surface area (Å²) in [5.74, 6) is -0.571. The molecule has 158 valence electrons. The van der Waals surface area contributed by atoms with Gasteiger partial charge in [0.2, 0.25) is 15.9 Å². The molecule has 0 aliphatic carbocycles. The molecule has 1 fully saturated rings. The van der Waals surface area contributed by atoms with Crippen molar-refractivity contribution in [1.29, 1.82) is 0 Å². The van der Waals surface area contributed by atoms with Gasteiger partial charge in [-0.3, -0.25) is 4.79 Å². The highest BCUT2D eigenvalue weighted by Crippen LogP contribution is 2.36. The Kier molecular flexibility index (Phi) is 6.25. The molecule has 2 aromatic rings. The lowest BCUT2D eigenvalue weighted by atomic mass is 9.97. The summed E-state index contributed by atoms with van der Waals surface area (Å²) in [4.78, 5) is 11.8. The van der Waals surface area contributed by atoms with Gasteiger partial charge in [0.25, 0.3) is 0 Å². The largest absolute Gasteiger partial charge is 0.472 e. The van der Waals surface area contributed by atoms with E-state index in [9.17, 15) is 26.4 Å². The van der Waals surface area contributed by atoms with Crippen LogP contribution >= 0.6 is 11.6 Å². The zero-order valence-corrected chi connectivity index (χ0v) is 16.6. The second kappa shape index (κ2) is 8.37. The first-order chi connectivity index (χ1) is 13.6. The molecule has 0 atom stereocenters. The number of rotatable bonds is 5. The minimum Gasteiger partial charge on any atom is -0.472 e. The summed E-state index contributed by atoms with van der Waals surface area (Å²) in [5, 5.41) is 2.20. The Bertz CT molecular complexity index is 969. The lowest BCUT2D eigenvalue weighted by molar-refractivity contribution is -0.137. The number of benzene rings is 1. The van der Waals surface area contributed by atoms with Crippen molar-refractivity contribution in [3.8, 4) is 0 Å². The minimum absolute atomic E-state index is 0.0378. The van der Waals surface area contributed by atoms with E-state index in [2.05, 4.69) is 5.32 Å². The summed E-state index contributed by atoms with van der Waals surface area (Å²) >= 11 is 5.56. The van der Waals surface area contributed by atoms with Gasteiger partial charge in [-0.2, -0.15) is 17.5 Å². The first-order valence-electron chi connectivity index (χ1n) is 8.74. The van der Waals surface area contributed by atoms with Crippen LogP contribution in [0.1, 0.15) is 24.0 Å². The van der Waals surface area contributed by atoms with Crippen molar-refractivity contribution in [3.63, 3.8) is 0 Å². The molecule has 1 saturated heterocycles. The number of carbonyl (C=O) groups excluding carboxylic acids is 1. The summed E-state index contributed by atoms with van der Waals surface area (Å²) in [6, 6.07) is 4.24. The number of hydrogen-bond acceptors (Lipinski definition) is 4. The molecule has 0 unspecified atom stereocenters. The molecule has 1 aromatic carbocycles. The fourth-order valence-electron chi connectivity index (χ4n) is 3.12. The zero-order valence-electron chi connectivity index (χ0n) is 15.1. The summed E-state index contributed by atoms with van der Waals surface area (Å²) in [6.07, 6.45) is -1.21. The Hall–Kier alpha value is -2.04. The highest BCUT2D eigenvalue weighted by molar-refractivity contribution is 7.89. The van der Waals surface area contributed by atoms with Gasteiger partial charge in [-0.25, -0.2) is 8.42 Å². The van der Waals surface area contributed by atoms with Crippen molar-refractivity contribution in [1.82, 2.24) is 9.62 Å². The van der Waals surface area contributed by atoms with E-state index in [-0.39, 0.29) is 37.8 Å². The Labute approximate surface area is 170 Å². The Morgan fingerprint density at radius 3 is 2.52 bits per heavy atom. The van der Waals surface area contributed by atoms with Crippen LogP contribution in [0.15, 0.2) is 46.1 Å². The fourth-order valence-corrected chi connectivity index (χ4v) is 4.84. The third-order valence-electron chi connectivity index (χ3n) is 4.75. The Balaban J connectivity index is 1.64. The van der Waals surface area contributed by atoms with Crippen LogP contribution in [0.25, 0.3) is 0 Å². The van der Waals surface area contributed by atoms with E-state index in [4.69, 9.17) is 16.0 Å². The second-order valence-electron chi connectivity index (χ2n) is 6.67. The van der Waals surface area contributed by atoms with Gasteiger partial charge in [0.15, 0.2) is 0 Å². The van der Waals surface area contributed by atoms with Crippen LogP contribution in [0.4, 0.5) is 13.2 Å². The molecular weight excluding hydrogens is 433 g/mol. The molecule has 11 heteroatoms. The van der Waals surface area contributed by atoms with Crippen LogP contribution in [-0.2, 0) is 27.5 Å². The van der Waals surface area contributed by atoms with Crippen LogP contribution in [0.3, 0.4) is 0 Å². The molecule has 29 heavy (non-hydrogen) atoms. The average molecular weight is 451 g/mol. The second-order valence-corrected chi connectivity index (χ2v) is 9.01. The molecule has 1 N–H and O–H groups in total. The smallest absolute Gasteiger partial charge is 0.417 e. The number of nitrogens with zero attached hydrogens (tertiary/aromatic N) is 1. The van der Waals surface area contributed by atoms with Crippen LogP contribution in [-0.4, -0.2) is 31.7 Å². The van der Waals surface area contributed by atoms with Crippen molar-refractivity contribution in [2.45, 2.75) is 30.5 Å². The van der Waals surface area contributed by atoms with Crippen LogP contribution < -0.4 is 5.32 Å². The highest BCUT2D eigenvalue weighted by atomic mass is 35.5. The molecule has 0 radical (unpaired) electrons. The number of alkyl halides is 3. The SMILES string of the molecule is O=C(NCc1ccoc1)C1CCN(S(=O)(=O)c2ccc(Cl)c(C(F)(F)F)c2)CC1. The van der Waals surface area contributed by atoms with E-state index in [0.29, 0.717) is 12.6 Å². The molecule has 1 aromatic heterocycles. The summed E-state index contributed by atoms with van der Waals surface area (Å²) in [5.41, 5.74) is -0.393. The van der Waals surface area contributed by atoms with E-state index in [0.717, 1.165) is 22.0 Å². The number of sulfonamides is 1. The summed E-state index contributed by atoms with van der Waals surface area (Å²) < 4.78 is 70.6. The molecule has 3 rings (SSSR count). The molecule has 1 aliphatic rings. The first-order valence-corrected chi connectivity index (χ1v) is 10.6. The number of furan rings is 1. The number of hydrogen-bond donors (Lipinski definition) is 1. The average Bonchev–Trinajstić information content (AvgIpc) is 3.19. The van der Waals surface area contributed by atoms with E-state index in [1.807, 2.05) is 0 Å². The number of halogens is 4. The first kappa shape index (κ1) is 21.7. The minimum atomic E-state index is -4.76. The molecule has 0 bridgehead atoms. The molecule has 6 nitrogen and oxygen atoms in total. The van der Waals surface area contributed by atoms with Crippen LogP contribution in [0, 0.1) is 5.92 Å². The van der Waals surface area contributed by atoms with Gasteiger partial charge in [0, 0.05) is 31.1 Å². The van der Waals surface area contributed by atoms with E-state index in [1.165, 1.54) is 12.5 Å². The van der Waals surface area contributed by atoms with Crippen LogP contribution in [0.2, 0.25) is 5.02 Å². The van der Waals surface area contributed by atoms with Gasteiger partial charge in [-0.05, 0) is 37.1 Å². The van der Waals surface area contributed by atoms with Crippen molar-refractivity contribution in [2.24, 2.45) is 5.92 Å². The third-order valence-corrected chi connectivity index (χ3v) is 6.98. The van der Waals surface area contributed by atoms with Gasteiger partial charge in [0.05, 0.1) is 28.0 Å². The van der Waals surface area contributed by atoms with Crippen molar-refractivity contribution >= 4 is 27.5 Å². The number of piperidine rings is 1. The van der Waals surface area contributed by atoms with Crippen LogP contribution in [0.5, 0.6) is 0 Å². The van der Waals surface area contributed by atoms with Crippen molar-refractivity contribution in [2.75, 3.05) is 13.1 Å². The lowest BCUT2D eigenvalue weighted by Crippen LogP contribution is -2.42. The van der Waals surface area contributed by atoms with Gasteiger partial charge >= 0.3 is 6.18 Å². The van der Waals surface area contributed by atoms with E-state index < -0.39 is 31.7 Å². The van der Waals surface area contributed by atoms with Gasteiger partial charge in [-0.15, -0.1) is 0 Å². The fraction of sp³-hybridized carbons (Fsp3) is 0.389. The molecule has 2 heterocycles. The van der Waals surface area contributed by atoms with E-state index in [1.54, 1.807) is 6.07 Å². The molecule has 0 spiro atoms. The topological polar surface area (TPSA) is 79.6 Å². The van der Waals surface area contributed by atoms with Gasteiger partial charge < -0.3 is 9.73 Å². The molecular formula is C18H18ClF3N2O4S. The molecule has 1 aliphatic heterocycles. The number of nitrogens with one attached hydrogen (secondary N) is 1. The quantitative estimate of drug-likeness (QED) is 0.753. The van der Waals surface area contributed by atoms with Gasteiger partial charge in [-0.1, -0.05) is 11.6 Å². The number of amides is 1. The Morgan fingerprint density at radius 1 is 1.24 bits per heavy atom. The third kappa shape index (κ3) is 4.93. The predicted octanol–water partition coefficient (Wildman–Crippen LogP) is 3.67. The normalized spacial score (nSPS) is 16.7. The maximum absolute atomic E-state index is 13.0. The maximum atomic E-state index is 13.0. The monoisotopic (exact) mass is 450 g/mol. The maximum Gasteiger partial charge on any atom is 0.417 e. The predicted molar refractivity (Wildman–Crippen MR) is 98.5 cm³/mol. The number of carbonyl (C=O) groups is 1. The van der Waals surface area contributed by atoms with Crippen molar-refractivity contribution < 1.29 is 30.8 Å². The van der Waals surface area contributed by atoms with E-state index >= 15 is 0 Å². The van der Waals surface area contributed by atoms with Gasteiger partial charge in [0.1, 0.15) is 0 Å².